The van der Waals surface area contributed by atoms with Gasteiger partial charge in [-0.3, -0.25) is 9.78 Å². The lowest BCUT2D eigenvalue weighted by atomic mass is 9.74. The van der Waals surface area contributed by atoms with Crippen LogP contribution >= 0.6 is 11.3 Å². The Morgan fingerprint density at radius 2 is 1.96 bits per heavy atom. The zero-order chi connectivity index (χ0) is 18.3. The lowest BCUT2D eigenvalue weighted by molar-refractivity contribution is 0.0911. The van der Waals surface area contributed by atoms with E-state index in [4.69, 9.17) is 9.72 Å². The first-order valence-corrected chi connectivity index (χ1v) is 9.60. The maximum Gasteiger partial charge on any atom is 0.165 e. The van der Waals surface area contributed by atoms with Gasteiger partial charge in [-0.1, -0.05) is 32.0 Å². The Morgan fingerprint density at radius 3 is 2.69 bits per heavy atom. The minimum absolute atomic E-state index is 0.0587. The van der Waals surface area contributed by atoms with E-state index in [1.54, 1.807) is 18.4 Å². The number of ether oxygens (including phenoxy) is 1. The van der Waals surface area contributed by atoms with Crippen LogP contribution in [0.4, 0.5) is 0 Å². The number of rotatable bonds is 3. The minimum Gasteiger partial charge on any atom is -0.497 e. The topological polar surface area (TPSA) is 39.2 Å². The normalized spacial score (nSPS) is 15.6. The van der Waals surface area contributed by atoms with Gasteiger partial charge in [0.15, 0.2) is 5.78 Å². The molecule has 0 spiro atoms. The molecule has 26 heavy (non-hydrogen) atoms. The Balaban J connectivity index is 1.95. The van der Waals surface area contributed by atoms with Gasteiger partial charge in [-0.15, -0.1) is 11.3 Å². The maximum atomic E-state index is 12.9. The van der Waals surface area contributed by atoms with Crippen LogP contribution < -0.4 is 4.74 Å². The van der Waals surface area contributed by atoms with Crippen LogP contribution in [0.2, 0.25) is 0 Å². The minimum atomic E-state index is -0.0587. The van der Waals surface area contributed by atoms with Crippen LogP contribution in [0, 0.1) is 5.41 Å². The number of carbonyl (C=O) groups excluding carboxylic acids is 1. The largest absolute Gasteiger partial charge is 0.497 e. The van der Waals surface area contributed by atoms with E-state index in [0.29, 0.717) is 6.42 Å². The molecule has 0 N–H and O–H groups in total. The molecule has 0 unspecified atom stereocenters. The third-order valence-corrected chi connectivity index (χ3v) is 5.71. The van der Waals surface area contributed by atoms with Crippen molar-refractivity contribution in [3.8, 4) is 27.4 Å². The molecule has 2 heterocycles. The molecule has 0 amide bonds. The number of ketones is 1. The van der Waals surface area contributed by atoms with Gasteiger partial charge in [0.1, 0.15) is 5.75 Å². The molecule has 132 valence electrons. The summed E-state index contributed by atoms with van der Waals surface area (Å²) in [4.78, 5) is 18.9. The van der Waals surface area contributed by atoms with E-state index in [1.807, 2.05) is 35.7 Å². The van der Waals surface area contributed by atoms with E-state index < -0.39 is 0 Å². The number of fused-ring (bicyclic) bond motifs is 1. The quantitative estimate of drug-likeness (QED) is 0.604. The Bertz CT molecular complexity index is 974. The summed E-state index contributed by atoms with van der Waals surface area (Å²) in [5, 5.41) is 2.05. The van der Waals surface area contributed by atoms with Crippen molar-refractivity contribution in [3.63, 3.8) is 0 Å². The molecule has 2 aromatic heterocycles. The zero-order valence-corrected chi connectivity index (χ0v) is 16.0. The van der Waals surface area contributed by atoms with E-state index in [2.05, 4.69) is 26.0 Å². The average molecular weight is 363 g/mol. The van der Waals surface area contributed by atoms with Gasteiger partial charge in [0.05, 0.1) is 18.5 Å². The molecule has 0 atom stereocenters. The lowest BCUT2D eigenvalue weighted by Gasteiger charge is -2.31. The van der Waals surface area contributed by atoms with Gasteiger partial charge in [0.2, 0.25) is 0 Å². The molecule has 4 heteroatoms. The Labute approximate surface area is 157 Å². The standard InChI is InChI=1S/C22H21NO2S/c1-22(2)12-18-21(19(24)13-22)16(20-8-5-9-26-20)11-17(23-18)14-6-4-7-15(10-14)25-3/h4-11H,12-13H2,1-3H3. The molecule has 1 aliphatic carbocycles. The average Bonchev–Trinajstić information content (AvgIpc) is 3.14. The summed E-state index contributed by atoms with van der Waals surface area (Å²) >= 11 is 1.66. The van der Waals surface area contributed by atoms with Gasteiger partial charge in [0, 0.05) is 28.0 Å². The van der Waals surface area contributed by atoms with E-state index in [-0.39, 0.29) is 11.2 Å². The summed E-state index contributed by atoms with van der Waals surface area (Å²) in [5.74, 6) is 1.00. The van der Waals surface area contributed by atoms with Crippen LogP contribution in [0.5, 0.6) is 5.75 Å². The smallest absolute Gasteiger partial charge is 0.165 e. The van der Waals surface area contributed by atoms with Crippen molar-refractivity contribution in [1.29, 1.82) is 0 Å². The molecular weight excluding hydrogens is 342 g/mol. The van der Waals surface area contributed by atoms with Crippen LogP contribution in [-0.2, 0) is 6.42 Å². The highest BCUT2D eigenvalue weighted by Crippen LogP contribution is 2.41. The molecular formula is C22H21NO2S. The van der Waals surface area contributed by atoms with Gasteiger partial charge in [-0.05, 0) is 41.5 Å². The number of hydrogen-bond donors (Lipinski definition) is 0. The van der Waals surface area contributed by atoms with Crippen LogP contribution in [0.15, 0.2) is 47.8 Å². The predicted octanol–water partition coefficient (Wildman–Crippen LogP) is 5.64. The van der Waals surface area contributed by atoms with E-state index in [9.17, 15) is 4.79 Å². The van der Waals surface area contributed by atoms with E-state index >= 15 is 0 Å². The number of thiophene rings is 1. The van der Waals surface area contributed by atoms with Crippen molar-refractivity contribution in [2.75, 3.05) is 7.11 Å². The SMILES string of the molecule is COc1cccc(-c2cc(-c3cccs3)c3c(n2)CC(C)(C)CC3=O)c1. The molecule has 1 aromatic carbocycles. The molecule has 0 fully saturated rings. The summed E-state index contributed by atoms with van der Waals surface area (Å²) in [5.41, 5.74) is 4.55. The van der Waals surface area contributed by atoms with Crippen molar-refractivity contribution in [2.45, 2.75) is 26.7 Å². The fourth-order valence-electron chi connectivity index (χ4n) is 3.63. The van der Waals surface area contributed by atoms with Crippen molar-refractivity contribution < 1.29 is 9.53 Å². The highest BCUT2D eigenvalue weighted by Gasteiger charge is 2.34. The second-order valence-electron chi connectivity index (χ2n) is 7.53. The molecule has 0 saturated carbocycles. The highest BCUT2D eigenvalue weighted by molar-refractivity contribution is 7.13. The summed E-state index contributed by atoms with van der Waals surface area (Å²) in [6.07, 6.45) is 1.38. The van der Waals surface area contributed by atoms with E-state index in [1.165, 1.54) is 0 Å². The fourth-order valence-corrected chi connectivity index (χ4v) is 4.38. The molecule has 0 aliphatic heterocycles. The van der Waals surface area contributed by atoms with Gasteiger partial charge in [0.25, 0.3) is 0 Å². The first-order chi connectivity index (χ1) is 12.5. The molecule has 3 nitrogen and oxygen atoms in total. The van der Waals surface area contributed by atoms with Crippen LogP contribution in [0.3, 0.4) is 0 Å². The second-order valence-corrected chi connectivity index (χ2v) is 8.47. The number of carbonyl (C=O) groups is 1. The van der Waals surface area contributed by atoms with Gasteiger partial charge >= 0.3 is 0 Å². The number of benzene rings is 1. The second kappa shape index (κ2) is 6.36. The van der Waals surface area contributed by atoms with Crippen molar-refractivity contribution >= 4 is 17.1 Å². The van der Waals surface area contributed by atoms with Crippen molar-refractivity contribution in [3.05, 3.63) is 59.1 Å². The number of Topliss-reactive ketones (excluding diaryl/α,β-unsaturated/α-hetero) is 1. The van der Waals surface area contributed by atoms with Crippen LogP contribution in [-0.4, -0.2) is 17.9 Å². The van der Waals surface area contributed by atoms with Crippen LogP contribution in [0.1, 0.15) is 36.3 Å². The molecule has 4 rings (SSSR count). The number of nitrogens with zero attached hydrogens (tertiary/aromatic N) is 1. The zero-order valence-electron chi connectivity index (χ0n) is 15.2. The number of hydrogen-bond acceptors (Lipinski definition) is 4. The number of methoxy groups -OCH3 is 1. The molecule has 0 radical (unpaired) electrons. The first-order valence-electron chi connectivity index (χ1n) is 8.72. The first kappa shape index (κ1) is 17.0. The Morgan fingerprint density at radius 1 is 1.12 bits per heavy atom. The van der Waals surface area contributed by atoms with Gasteiger partial charge < -0.3 is 4.74 Å². The summed E-state index contributed by atoms with van der Waals surface area (Å²) in [7, 11) is 1.66. The summed E-state index contributed by atoms with van der Waals surface area (Å²) in [6, 6.07) is 14.1. The van der Waals surface area contributed by atoms with Crippen LogP contribution in [0.25, 0.3) is 21.7 Å². The third-order valence-electron chi connectivity index (χ3n) is 4.81. The fraction of sp³-hybridized carbons (Fsp3) is 0.273. The van der Waals surface area contributed by atoms with Gasteiger partial charge in [-0.25, -0.2) is 0 Å². The highest BCUT2D eigenvalue weighted by atomic mass is 32.1. The Hall–Kier alpha value is -2.46. The maximum absolute atomic E-state index is 12.9. The lowest BCUT2D eigenvalue weighted by Crippen LogP contribution is -2.28. The Kier molecular flexibility index (Phi) is 4.16. The van der Waals surface area contributed by atoms with Crippen molar-refractivity contribution in [1.82, 2.24) is 4.98 Å². The van der Waals surface area contributed by atoms with Crippen molar-refractivity contribution in [2.24, 2.45) is 5.41 Å². The molecule has 0 bridgehead atoms. The summed E-state index contributed by atoms with van der Waals surface area (Å²) in [6.45, 7) is 4.27. The molecule has 0 saturated heterocycles. The number of aromatic nitrogens is 1. The molecule has 1 aliphatic rings. The van der Waals surface area contributed by atoms with E-state index in [0.717, 1.165) is 45.1 Å². The molecule has 3 aromatic rings. The third kappa shape index (κ3) is 3.06. The monoisotopic (exact) mass is 363 g/mol. The summed E-state index contributed by atoms with van der Waals surface area (Å²) < 4.78 is 5.36. The predicted molar refractivity (Wildman–Crippen MR) is 106 cm³/mol. The van der Waals surface area contributed by atoms with Gasteiger partial charge in [-0.2, -0.15) is 0 Å². The number of pyridine rings is 1.